The van der Waals surface area contributed by atoms with Crippen LogP contribution in [0.4, 0.5) is 13.2 Å². The Bertz CT molecular complexity index is 440. The van der Waals surface area contributed by atoms with Crippen molar-refractivity contribution in [3.8, 4) is 5.75 Å². The highest BCUT2D eigenvalue weighted by Gasteiger charge is 2.39. The number of nitrogens with zero attached hydrogens (tertiary/aromatic N) is 1. The molecule has 0 saturated heterocycles. The van der Waals surface area contributed by atoms with Crippen molar-refractivity contribution >= 4 is 5.71 Å². The molecule has 0 radical (unpaired) electrons. The zero-order valence-corrected chi connectivity index (χ0v) is 9.79. The van der Waals surface area contributed by atoms with Gasteiger partial charge >= 0.3 is 6.18 Å². The summed E-state index contributed by atoms with van der Waals surface area (Å²) < 4.78 is 42.2. The smallest absolute Gasteiger partial charge is 0.431 e. The van der Waals surface area contributed by atoms with Crippen molar-refractivity contribution in [2.75, 3.05) is 7.11 Å². The lowest BCUT2D eigenvalue weighted by Gasteiger charge is -2.10. The van der Waals surface area contributed by atoms with Gasteiger partial charge in [0, 0.05) is 6.42 Å². The maximum absolute atomic E-state index is 12.4. The van der Waals surface area contributed by atoms with Crippen molar-refractivity contribution in [3.63, 3.8) is 0 Å². The molecule has 0 amide bonds. The monoisotopic (exact) mass is 258 g/mol. The van der Waals surface area contributed by atoms with Gasteiger partial charge in [0.2, 0.25) is 0 Å². The molecule has 1 N–H and O–H groups in total. The molecule has 98 valence electrons. The van der Waals surface area contributed by atoms with Crippen LogP contribution in [-0.2, 0) is 6.42 Å². The Balaban J connectivity index is 1.92. The van der Waals surface area contributed by atoms with Crippen molar-refractivity contribution in [1.82, 2.24) is 5.43 Å². The predicted octanol–water partition coefficient (Wildman–Crippen LogP) is 2.52. The standard InChI is InChI=1S/C12H13F3N2O/c1-18-10-4-2-8(3-5-10)6-9-7-11(17-16-9)12(13,14)15/h2-5,9,16H,6-7H2,1H3. The summed E-state index contributed by atoms with van der Waals surface area (Å²) in [4.78, 5) is 0. The summed E-state index contributed by atoms with van der Waals surface area (Å²) in [5, 5.41) is 3.34. The van der Waals surface area contributed by atoms with E-state index in [0.29, 0.717) is 6.42 Å². The molecule has 0 bridgehead atoms. The summed E-state index contributed by atoms with van der Waals surface area (Å²) in [7, 11) is 1.57. The van der Waals surface area contributed by atoms with Crippen LogP contribution in [0, 0.1) is 0 Å². The highest BCUT2D eigenvalue weighted by Crippen LogP contribution is 2.24. The highest BCUT2D eigenvalue weighted by atomic mass is 19.4. The maximum atomic E-state index is 12.4. The van der Waals surface area contributed by atoms with Crippen molar-refractivity contribution in [2.24, 2.45) is 5.10 Å². The normalized spacial score (nSPS) is 19.3. The fourth-order valence-corrected chi connectivity index (χ4v) is 1.84. The molecule has 0 spiro atoms. The average molecular weight is 258 g/mol. The van der Waals surface area contributed by atoms with Gasteiger partial charge in [-0.15, -0.1) is 0 Å². The third-order valence-electron chi connectivity index (χ3n) is 2.79. The molecule has 1 heterocycles. The van der Waals surface area contributed by atoms with E-state index in [0.717, 1.165) is 11.3 Å². The van der Waals surface area contributed by atoms with E-state index in [1.54, 1.807) is 19.2 Å². The van der Waals surface area contributed by atoms with Crippen LogP contribution in [0.15, 0.2) is 29.4 Å². The summed E-state index contributed by atoms with van der Waals surface area (Å²) in [5.74, 6) is 0.727. The van der Waals surface area contributed by atoms with Gasteiger partial charge in [0.05, 0.1) is 13.2 Å². The molecule has 1 unspecified atom stereocenters. The summed E-state index contributed by atoms with van der Waals surface area (Å²) in [6.45, 7) is 0. The summed E-state index contributed by atoms with van der Waals surface area (Å²) >= 11 is 0. The number of halogens is 3. The number of hydrogen-bond donors (Lipinski definition) is 1. The van der Waals surface area contributed by atoms with E-state index in [9.17, 15) is 13.2 Å². The van der Waals surface area contributed by atoms with E-state index >= 15 is 0 Å². The van der Waals surface area contributed by atoms with Crippen molar-refractivity contribution in [1.29, 1.82) is 0 Å². The van der Waals surface area contributed by atoms with E-state index in [2.05, 4.69) is 10.5 Å². The maximum Gasteiger partial charge on any atom is 0.431 e. The van der Waals surface area contributed by atoms with Crippen LogP contribution in [-0.4, -0.2) is 25.0 Å². The number of methoxy groups -OCH3 is 1. The molecule has 1 aliphatic rings. The Morgan fingerprint density at radius 3 is 2.50 bits per heavy atom. The number of hydrazone groups is 1. The van der Waals surface area contributed by atoms with Crippen LogP contribution in [0.1, 0.15) is 12.0 Å². The van der Waals surface area contributed by atoms with E-state index in [-0.39, 0.29) is 12.5 Å². The second-order valence-corrected chi connectivity index (χ2v) is 4.14. The van der Waals surface area contributed by atoms with Crippen LogP contribution in [0.2, 0.25) is 0 Å². The average Bonchev–Trinajstić information content (AvgIpc) is 2.78. The topological polar surface area (TPSA) is 33.6 Å². The lowest BCUT2D eigenvalue weighted by Crippen LogP contribution is -2.25. The number of alkyl halides is 3. The molecule has 3 nitrogen and oxygen atoms in total. The van der Waals surface area contributed by atoms with Crippen molar-refractivity contribution in [2.45, 2.75) is 25.1 Å². The zero-order valence-electron chi connectivity index (χ0n) is 9.79. The molecule has 18 heavy (non-hydrogen) atoms. The van der Waals surface area contributed by atoms with Gasteiger partial charge in [-0.25, -0.2) is 0 Å². The van der Waals surface area contributed by atoms with Crippen molar-refractivity contribution < 1.29 is 17.9 Å². The third-order valence-corrected chi connectivity index (χ3v) is 2.79. The van der Waals surface area contributed by atoms with Gasteiger partial charge in [0.15, 0.2) is 0 Å². The van der Waals surface area contributed by atoms with Crippen LogP contribution < -0.4 is 10.2 Å². The Morgan fingerprint density at radius 2 is 2.00 bits per heavy atom. The molecule has 1 aliphatic heterocycles. The Hall–Kier alpha value is -1.72. The van der Waals surface area contributed by atoms with Crippen LogP contribution in [0.5, 0.6) is 5.75 Å². The zero-order chi connectivity index (χ0) is 13.2. The second-order valence-electron chi connectivity index (χ2n) is 4.14. The number of rotatable bonds is 3. The molecule has 1 aromatic carbocycles. The molecule has 2 rings (SSSR count). The molecule has 0 saturated carbocycles. The quantitative estimate of drug-likeness (QED) is 0.903. The van der Waals surface area contributed by atoms with Gasteiger partial charge in [0.25, 0.3) is 0 Å². The summed E-state index contributed by atoms with van der Waals surface area (Å²) in [6.07, 6.45) is -3.91. The van der Waals surface area contributed by atoms with Gasteiger partial charge in [-0.1, -0.05) is 12.1 Å². The number of nitrogens with one attached hydrogen (secondary N) is 1. The Labute approximate surface area is 103 Å². The molecule has 1 atom stereocenters. The molecule has 0 aliphatic carbocycles. The van der Waals surface area contributed by atoms with Crippen LogP contribution in [0.25, 0.3) is 0 Å². The minimum absolute atomic E-state index is 0.0878. The molecular weight excluding hydrogens is 245 g/mol. The largest absolute Gasteiger partial charge is 0.497 e. The van der Waals surface area contributed by atoms with Crippen LogP contribution >= 0.6 is 0 Å². The number of benzene rings is 1. The lowest BCUT2D eigenvalue weighted by molar-refractivity contribution is -0.0600. The second kappa shape index (κ2) is 4.88. The van der Waals surface area contributed by atoms with E-state index < -0.39 is 11.9 Å². The SMILES string of the molecule is COc1ccc(CC2CC(C(F)(F)F)=NN2)cc1. The summed E-state index contributed by atoms with van der Waals surface area (Å²) in [5.41, 5.74) is 2.74. The first-order valence-corrected chi connectivity index (χ1v) is 5.51. The van der Waals surface area contributed by atoms with Gasteiger partial charge in [-0.2, -0.15) is 18.3 Å². The molecule has 0 aromatic heterocycles. The molecule has 6 heteroatoms. The molecule has 1 aromatic rings. The predicted molar refractivity (Wildman–Crippen MR) is 61.7 cm³/mol. The van der Waals surface area contributed by atoms with Gasteiger partial charge in [-0.3, -0.25) is 0 Å². The van der Waals surface area contributed by atoms with Gasteiger partial charge in [-0.05, 0) is 24.1 Å². The lowest BCUT2D eigenvalue weighted by atomic mass is 10.0. The highest BCUT2D eigenvalue weighted by molar-refractivity contribution is 5.91. The van der Waals surface area contributed by atoms with E-state index in [1.807, 2.05) is 12.1 Å². The van der Waals surface area contributed by atoms with Crippen molar-refractivity contribution in [3.05, 3.63) is 29.8 Å². The first kappa shape index (κ1) is 12.7. The third kappa shape index (κ3) is 2.94. The van der Waals surface area contributed by atoms with Gasteiger partial charge < -0.3 is 10.2 Å². The first-order chi connectivity index (χ1) is 8.49. The fourth-order valence-electron chi connectivity index (χ4n) is 1.84. The first-order valence-electron chi connectivity index (χ1n) is 5.51. The molecular formula is C12H13F3N2O. The Morgan fingerprint density at radius 1 is 1.33 bits per heavy atom. The van der Waals surface area contributed by atoms with E-state index in [1.165, 1.54) is 0 Å². The number of ether oxygens (including phenoxy) is 1. The van der Waals surface area contributed by atoms with Gasteiger partial charge in [0.1, 0.15) is 11.5 Å². The minimum atomic E-state index is -4.33. The van der Waals surface area contributed by atoms with E-state index in [4.69, 9.17) is 4.74 Å². The fraction of sp³-hybridized carbons (Fsp3) is 0.417. The van der Waals surface area contributed by atoms with Crippen LogP contribution in [0.3, 0.4) is 0 Å². The number of hydrogen-bond acceptors (Lipinski definition) is 3. The molecule has 0 fully saturated rings. The summed E-state index contributed by atoms with van der Waals surface area (Å²) in [6, 6.07) is 6.96. The Kier molecular flexibility index (Phi) is 3.45. The minimum Gasteiger partial charge on any atom is -0.497 e.